The van der Waals surface area contributed by atoms with E-state index >= 15 is 0 Å². The monoisotopic (exact) mass is 563 g/mol. The number of nitrogens with zero attached hydrogens (tertiary/aromatic N) is 3. The predicted molar refractivity (Wildman–Crippen MR) is 146 cm³/mol. The molecule has 1 atom stereocenters. The quantitative estimate of drug-likeness (QED) is 0.519. The van der Waals surface area contributed by atoms with Crippen molar-refractivity contribution in [2.75, 3.05) is 18.0 Å². The fourth-order valence-electron chi connectivity index (χ4n) is 5.04. The molecule has 1 aliphatic carbocycles. The Hall–Kier alpha value is -2.26. The van der Waals surface area contributed by atoms with Crippen LogP contribution in [0.4, 0.5) is 5.69 Å². The SMILES string of the molecule is Cc1nc(C)c(S(=O)(=O)N2CC(=O)N(c3cc(C#CC(C)(C)C)sc3C(=O)O)[C@H](C3CCCCC3)C2)s1. The first-order chi connectivity index (χ1) is 17.3. The molecule has 3 heterocycles. The van der Waals surface area contributed by atoms with Crippen molar-refractivity contribution in [2.24, 2.45) is 11.3 Å². The molecule has 4 rings (SSSR count). The van der Waals surface area contributed by atoms with Gasteiger partial charge in [0.1, 0.15) is 4.88 Å². The molecule has 2 aromatic rings. The van der Waals surface area contributed by atoms with Crippen molar-refractivity contribution in [3.05, 3.63) is 26.5 Å². The lowest BCUT2D eigenvalue weighted by Crippen LogP contribution is -2.60. The van der Waals surface area contributed by atoms with Crippen molar-refractivity contribution in [3.8, 4) is 11.8 Å². The molecule has 0 bridgehead atoms. The normalized spacial score (nSPS) is 20.1. The van der Waals surface area contributed by atoms with E-state index in [0.717, 1.165) is 54.8 Å². The molecule has 1 saturated heterocycles. The van der Waals surface area contributed by atoms with Crippen LogP contribution in [0.3, 0.4) is 0 Å². The number of thiophene rings is 1. The zero-order valence-electron chi connectivity index (χ0n) is 21.8. The molecule has 2 fully saturated rings. The van der Waals surface area contributed by atoms with Crippen LogP contribution in [-0.4, -0.2) is 53.8 Å². The maximum Gasteiger partial charge on any atom is 0.348 e. The standard InChI is InChI=1S/C26H33N3O5S3/c1-16-25(35-17(2)27-16)37(33,34)28-14-21(18-9-7-6-8-10-18)29(22(30)15-28)20-13-19(11-12-26(3,4)5)36-23(20)24(31)32/h13,18,21H,6-10,14-15H2,1-5H3,(H,31,32)/t21-/m0/s1. The Morgan fingerprint density at radius 1 is 1.16 bits per heavy atom. The maximum atomic E-state index is 13.7. The molecule has 0 spiro atoms. The number of hydrogen-bond donors (Lipinski definition) is 1. The van der Waals surface area contributed by atoms with Gasteiger partial charge in [-0.15, -0.1) is 22.7 Å². The number of carboxylic acids is 1. The molecular weight excluding hydrogens is 531 g/mol. The highest BCUT2D eigenvalue weighted by Gasteiger charge is 2.45. The molecule has 0 unspecified atom stereocenters. The highest BCUT2D eigenvalue weighted by Crippen LogP contribution is 2.39. The number of piperazine rings is 1. The van der Waals surface area contributed by atoms with Crippen molar-refractivity contribution in [1.29, 1.82) is 0 Å². The third-order valence-corrected chi connectivity index (χ3v) is 11.2. The molecule has 1 N–H and O–H groups in total. The second kappa shape index (κ2) is 10.5. The van der Waals surface area contributed by atoms with Gasteiger partial charge in [0.05, 0.1) is 33.9 Å². The third-order valence-electron chi connectivity index (χ3n) is 6.66. The Balaban J connectivity index is 1.77. The predicted octanol–water partition coefficient (Wildman–Crippen LogP) is 4.90. The third kappa shape index (κ3) is 5.93. The van der Waals surface area contributed by atoms with Crippen molar-refractivity contribution >= 4 is 50.3 Å². The zero-order chi connectivity index (χ0) is 27.1. The van der Waals surface area contributed by atoms with Gasteiger partial charge in [-0.25, -0.2) is 18.2 Å². The van der Waals surface area contributed by atoms with Crippen LogP contribution < -0.4 is 4.90 Å². The average molecular weight is 564 g/mol. The van der Waals surface area contributed by atoms with Crippen molar-refractivity contribution in [1.82, 2.24) is 9.29 Å². The minimum absolute atomic E-state index is 0.0533. The van der Waals surface area contributed by atoms with Crippen molar-refractivity contribution in [2.45, 2.75) is 77.0 Å². The van der Waals surface area contributed by atoms with Crippen LogP contribution in [-0.2, 0) is 14.8 Å². The second-order valence-corrected chi connectivity index (χ2v) is 15.2. The van der Waals surface area contributed by atoms with Gasteiger partial charge in [-0.1, -0.05) is 31.1 Å². The van der Waals surface area contributed by atoms with Gasteiger partial charge < -0.3 is 10.0 Å². The molecule has 37 heavy (non-hydrogen) atoms. The van der Waals surface area contributed by atoms with Gasteiger partial charge >= 0.3 is 5.97 Å². The van der Waals surface area contributed by atoms with Gasteiger partial charge in [0.2, 0.25) is 5.91 Å². The van der Waals surface area contributed by atoms with E-state index in [0.29, 0.717) is 21.3 Å². The number of sulfonamides is 1. The molecular formula is C26H33N3O5S3. The number of aryl methyl sites for hydroxylation is 2. The number of amides is 1. The summed E-state index contributed by atoms with van der Waals surface area (Å²) in [7, 11) is -3.92. The Labute approximate surface area is 226 Å². The van der Waals surface area contributed by atoms with Gasteiger partial charge in [0, 0.05) is 12.0 Å². The average Bonchev–Trinajstić information content (AvgIpc) is 3.40. The number of rotatable bonds is 5. The first-order valence-electron chi connectivity index (χ1n) is 12.4. The second-order valence-electron chi connectivity index (χ2n) is 10.8. The molecule has 200 valence electrons. The van der Waals surface area contributed by atoms with Crippen LogP contribution in [0.2, 0.25) is 0 Å². The summed E-state index contributed by atoms with van der Waals surface area (Å²) in [6, 6.07) is 1.23. The summed E-state index contributed by atoms with van der Waals surface area (Å²) in [5.74, 6) is 4.73. The van der Waals surface area contributed by atoms with Gasteiger partial charge in [-0.3, -0.25) is 4.79 Å². The van der Waals surface area contributed by atoms with Gasteiger partial charge in [-0.2, -0.15) is 4.31 Å². The number of carbonyl (C=O) groups is 2. The summed E-state index contributed by atoms with van der Waals surface area (Å²) in [6.07, 6.45) is 4.83. The lowest BCUT2D eigenvalue weighted by molar-refractivity contribution is -0.121. The van der Waals surface area contributed by atoms with E-state index in [2.05, 4.69) is 16.8 Å². The first kappa shape index (κ1) is 27.8. The smallest absolute Gasteiger partial charge is 0.348 e. The van der Waals surface area contributed by atoms with Crippen LogP contribution in [0.1, 0.15) is 78.1 Å². The molecule has 1 aliphatic heterocycles. The number of thiazole rings is 1. The summed E-state index contributed by atoms with van der Waals surface area (Å²) in [5.41, 5.74) is 0.485. The minimum atomic E-state index is -3.92. The summed E-state index contributed by atoms with van der Waals surface area (Å²) in [4.78, 5) is 32.4. The molecule has 1 amide bonds. The van der Waals surface area contributed by atoms with E-state index in [9.17, 15) is 23.1 Å². The first-order valence-corrected chi connectivity index (χ1v) is 15.5. The molecule has 11 heteroatoms. The van der Waals surface area contributed by atoms with Crippen LogP contribution in [0.5, 0.6) is 0 Å². The van der Waals surface area contributed by atoms with Gasteiger partial charge in [0.25, 0.3) is 10.0 Å². The largest absolute Gasteiger partial charge is 0.477 e. The highest BCUT2D eigenvalue weighted by molar-refractivity contribution is 7.91. The van der Waals surface area contributed by atoms with E-state index in [1.165, 1.54) is 4.31 Å². The van der Waals surface area contributed by atoms with E-state index in [4.69, 9.17) is 0 Å². The fraction of sp³-hybridized carbons (Fsp3) is 0.577. The summed E-state index contributed by atoms with van der Waals surface area (Å²) >= 11 is 2.17. The molecule has 0 aromatic carbocycles. The molecule has 2 aromatic heterocycles. The van der Waals surface area contributed by atoms with Crippen LogP contribution in [0, 0.1) is 37.0 Å². The van der Waals surface area contributed by atoms with Crippen LogP contribution in [0.15, 0.2) is 10.3 Å². The Morgan fingerprint density at radius 3 is 2.41 bits per heavy atom. The minimum Gasteiger partial charge on any atom is -0.477 e. The topological polar surface area (TPSA) is 108 Å². The van der Waals surface area contributed by atoms with E-state index in [-0.39, 0.29) is 33.5 Å². The van der Waals surface area contributed by atoms with Crippen molar-refractivity contribution < 1.29 is 23.1 Å². The van der Waals surface area contributed by atoms with Crippen LogP contribution >= 0.6 is 22.7 Å². The Kier molecular flexibility index (Phi) is 7.87. The van der Waals surface area contributed by atoms with Crippen LogP contribution in [0.25, 0.3) is 0 Å². The molecule has 8 nitrogen and oxygen atoms in total. The molecule has 2 aliphatic rings. The number of carbonyl (C=O) groups excluding carboxylic acids is 1. The lowest BCUT2D eigenvalue weighted by atomic mass is 9.82. The summed E-state index contributed by atoms with van der Waals surface area (Å²) in [5, 5.41) is 10.6. The summed E-state index contributed by atoms with van der Waals surface area (Å²) < 4.78 is 28.6. The molecule has 0 radical (unpaired) electrons. The van der Waals surface area contributed by atoms with E-state index in [1.807, 2.05) is 20.8 Å². The van der Waals surface area contributed by atoms with E-state index < -0.39 is 27.9 Å². The lowest BCUT2D eigenvalue weighted by Gasteiger charge is -2.44. The fourth-order valence-corrected chi connectivity index (χ4v) is 8.90. The van der Waals surface area contributed by atoms with E-state index in [1.54, 1.807) is 24.8 Å². The molecule has 1 saturated carbocycles. The van der Waals surface area contributed by atoms with Gasteiger partial charge in [0.15, 0.2) is 4.21 Å². The number of aromatic carboxylic acids is 1. The number of hydrogen-bond acceptors (Lipinski definition) is 7. The Bertz CT molecular complexity index is 1370. The Morgan fingerprint density at radius 2 is 1.84 bits per heavy atom. The maximum absolute atomic E-state index is 13.7. The zero-order valence-corrected chi connectivity index (χ0v) is 24.3. The highest BCUT2D eigenvalue weighted by atomic mass is 32.2. The summed E-state index contributed by atoms with van der Waals surface area (Å²) in [6.45, 7) is 9.11. The van der Waals surface area contributed by atoms with Crippen molar-refractivity contribution in [3.63, 3.8) is 0 Å². The van der Waals surface area contributed by atoms with Gasteiger partial charge in [-0.05, 0) is 59.4 Å². The number of carboxylic acid groups (broad SMARTS) is 1. The number of anilines is 1. The number of aromatic nitrogens is 1.